The normalized spacial score (nSPS) is 19.5. The molecule has 6 nitrogen and oxygen atoms in total. The number of amides is 1. The monoisotopic (exact) mass is 264 g/mol. The number of nitrogens with two attached hydrogens (primary N) is 2. The zero-order valence-corrected chi connectivity index (χ0v) is 11.1. The molecule has 0 saturated carbocycles. The second kappa shape index (κ2) is 5.88. The Morgan fingerprint density at radius 3 is 3.05 bits per heavy atom. The summed E-state index contributed by atoms with van der Waals surface area (Å²) in [5, 5.41) is 0. The van der Waals surface area contributed by atoms with Gasteiger partial charge in [-0.1, -0.05) is 0 Å². The third-order valence-corrected chi connectivity index (χ3v) is 3.55. The summed E-state index contributed by atoms with van der Waals surface area (Å²) in [5.41, 5.74) is 11.4. The molecule has 0 bridgehead atoms. The number of likely N-dealkylation sites (tertiary alicyclic amines) is 1. The lowest BCUT2D eigenvalue weighted by atomic mass is 10.1. The van der Waals surface area contributed by atoms with E-state index in [0.717, 1.165) is 13.0 Å². The summed E-state index contributed by atoms with van der Waals surface area (Å²) >= 11 is 0. The average Bonchev–Trinajstić information content (AvgIpc) is 2.77. The van der Waals surface area contributed by atoms with Crippen LogP contribution < -0.4 is 16.2 Å². The first-order chi connectivity index (χ1) is 9.08. The van der Waals surface area contributed by atoms with Crippen LogP contribution in [0.2, 0.25) is 0 Å². The maximum absolute atomic E-state index is 11.2. The minimum atomic E-state index is -0.569. The number of nitrogen functional groups attached to an aromatic ring is 1. The molecule has 1 aromatic rings. The predicted octanol–water partition coefficient (Wildman–Crippen LogP) is 0.626. The second-order valence-electron chi connectivity index (χ2n) is 4.89. The van der Waals surface area contributed by atoms with E-state index in [1.54, 1.807) is 0 Å². The van der Waals surface area contributed by atoms with E-state index in [-0.39, 0.29) is 11.3 Å². The summed E-state index contributed by atoms with van der Waals surface area (Å²) in [4.78, 5) is 17.5. The van der Waals surface area contributed by atoms with Gasteiger partial charge in [0.15, 0.2) is 0 Å². The maximum Gasteiger partial charge on any atom is 0.251 e. The minimum Gasteiger partial charge on any atom is -0.478 e. The van der Waals surface area contributed by atoms with Crippen LogP contribution in [0.1, 0.15) is 29.6 Å². The number of hydrogen-bond acceptors (Lipinski definition) is 5. The van der Waals surface area contributed by atoms with Gasteiger partial charge in [-0.25, -0.2) is 4.98 Å². The maximum atomic E-state index is 11.2. The van der Waals surface area contributed by atoms with Gasteiger partial charge in [-0.2, -0.15) is 0 Å². The smallest absolute Gasteiger partial charge is 0.251 e. The molecule has 0 radical (unpaired) electrons. The molecule has 0 aliphatic carbocycles. The SMILES string of the molecule is CN1CCCC1CCOc1cc(C(N)=O)c(N)cn1. The lowest BCUT2D eigenvalue weighted by Crippen LogP contribution is -2.26. The van der Waals surface area contributed by atoms with Crippen molar-refractivity contribution in [2.24, 2.45) is 5.73 Å². The van der Waals surface area contributed by atoms with Crippen LogP contribution in [-0.2, 0) is 0 Å². The summed E-state index contributed by atoms with van der Waals surface area (Å²) in [6.45, 7) is 1.72. The molecule has 4 N–H and O–H groups in total. The second-order valence-corrected chi connectivity index (χ2v) is 4.89. The number of carbonyl (C=O) groups is 1. The summed E-state index contributed by atoms with van der Waals surface area (Å²) in [7, 11) is 2.13. The van der Waals surface area contributed by atoms with Crippen LogP contribution in [0.4, 0.5) is 5.69 Å². The standard InChI is InChI=1S/C13H20N4O2/c1-17-5-2-3-9(17)4-6-19-12-7-10(13(15)18)11(14)8-16-12/h7-9H,2-6,14H2,1H3,(H2,15,18). The van der Waals surface area contributed by atoms with Gasteiger partial charge in [0.25, 0.3) is 5.91 Å². The first-order valence-corrected chi connectivity index (χ1v) is 6.46. The highest BCUT2D eigenvalue weighted by Crippen LogP contribution is 2.19. The van der Waals surface area contributed by atoms with Crippen LogP contribution in [0, 0.1) is 0 Å². The Balaban J connectivity index is 1.89. The van der Waals surface area contributed by atoms with Crippen LogP contribution in [0.15, 0.2) is 12.3 Å². The van der Waals surface area contributed by atoms with Crippen molar-refractivity contribution < 1.29 is 9.53 Å². The van der Waals surface area contributed by atoms with E-state index in [1.165, 1.54) is 25.1 Å². The molecule has 2 heterocycles. The molecule has 6 heteroatoms. The molecule has 1 atom stereocenters. The van der Waals surface area contributed by atoms with Gasteiger partial charge in [0, 0.05) is 12.1 Å². The highest BCUT2D eigenvalue weighted by molar-refractivity contribution is 5.97. The summed E-state index contributed by atoms with van der Waals surface area (Å²) in [6.07, 6.45) is 4.81. The quantitative estimate of drug-likeness (QED) is 0.813. The molecule has 2 rings (SSSR count). The van der Waals surface area contributed by atoms with E-state index in [0.29, 0.717) is 18.5 Å². The number of nitrogens with zero attached hydrogens (tertiary/aromatic N) is 2. The number of carbonyl (C=O) groups excluding carboxylic acids is 1. The zero-order valence-electron chi connectivity index (χ0n) is 11.1. The summed E-state index contributed by atoms with van der Waals surface area (Å²) in [5.74, 6) is -0.177. The van der Waals surface area contributed by atoms with E-state index >= 15 is 0 Å². The van der Waals surface area contributed by atoms with Gasteiger partial charge >= 0.3 is 0 Å². The van der Waals surface area contributed by atoms with Crippen LogP contribution in [0.3, 0.4) is 0 Å². The van der Waals surface area contributed by atoms with Crippen molar-refractivity contribution in [3.8, 4) is 5.88 Å². The van der Waals surface area contributed by atoms with Gasteiger partial charge < -0.3 is 21.1 Å². The van der Waals surface area contributed by atoms with Crippen molar-refractivity contribution >= 4 is 11.6 Å². The van der Waals surface area contributed by atoms with Crippen molar-refractivity contribution in [3.05, 3.63) is 17.8 Å². The van der Waals surface area contributed by atoms with E-state index in [2.05, 4.69) is 16.9 Å². The Hall–Kier alpha value is -1.82. The lowest BCUT2D eigenvalue weighted by Gasteiger charge is -2.19. The Labute approximate surface area is 112 Å². The molecule has 1 amide bonds. The van der Waals surface area contributed by atoms with Crippen LogP contribution in [0.25, 0.3) is 0 Å². The Bertz CT molecular complexity index is 464. The Kier molecular flexibility index (Phi) is 4.21. The molecule has 1 unspecified atom stereocenters. The van der Waals surface area contributed by atoms with Crippen molar-refractivity contribution in [1.82, 2.24) is 9.88 Å². The number of hydrogen-bond donors (Lipinski definition) is 2. The van der Waals surface area contributed by atoms with Crippen molar-refractivity contribution in [1.29, 1.82) is 0 Å². The fraction of sp³-hybridized carbons (Fsp3) is 0.538. The van der Waals surface area contributed by atoms with E-state index in [4.69, 9.17) is 16.2 Å². The number of pyridine rings is 1. The summed E-state index contributed by atoms with van der Waals surface area (Å²) in [6, 6.07) is 2.07. The number of ether oxygens (including phenoxy) is 1. The average molecular weight is 264 g/mol. The first kappa shape index (κ1) is 13.6. The molecule has 1 fully saturated rings. The predicted molar refractivity (Wildman–Crippen MR) is 72.9 cm³/mol. The minimum absolute atomic E-state index is 0.253. The molecule has 1 saturated heterocycles. The molecule has 1 aromatic heterocycles. The largest absolute Gasteiger partial charge is 0.478 e. The third-order valence-electron chi connectivity index (χ3n) is 3.55. The van der Waals surface area contributed by atoms with E-state index in [1.807, 2.05) is 0 Å². The Morgan fingerprint density at radius 1 is 1.63 bits per heavy atom. The summed E-state index contributed by atoms with van der Waals surface area (Å²) < 4.78 is 5.56. The topological polar surface area (TPSA) is 94.5 Å². The number of rotatable bonds is 5. The van der Waals surface area contributed by atoms with Gasteiger partial charge in [-0.15, -0.1) is 0 Å². The lowest BCUT2D eigenvalue weighted by molar-refractivity contribution is 0.100. The number of anilines is 1. The molecule has 0 aromatic carbocycles. The fourth-order valence-electron chi connectivity index (χ4n) is 2.38. The van der Waals surface area contributed by atoms with E-state index < -0.39 is 5.91 Å². The van der Waals surface area contributed by atoms with Gasteiger partial charge in [0.2, 0.25) is 5.88 Å². The molecule has 0 spiro atoms. The molecule has 19 heavy (non-hydrogen) atoms. The molecule has 1 aliphatic rings. The van der Waals surface area contributed by atoms with E-state index in [9.17, 15) is 4.79 Å². The van der Waals surface area contributed by atoms with Crippen molar-refractivity contribution in [2.75, 3.05) is 25.9 Å². The van der Waals surface area contributed by atoms with Crippen molar-refractivity contribution in [2.45, 2.75) is 25.3 Å². The molecule has 104 valence electrons. The van der Waals surface area contributed by atoms with Crippen LogP contribution in [0.5, 0.6) is 5.88 Å². The number of primary amides is 1. The highest BCUT2D eigenvalue weighted by atomic mass is 16.5. The van der Waals surface area contributed by atoms with Crippen molar-refractivity contribution in [3.63, 3.8) is 0 Å². The third kappa shape index (κ3) is 3.35. The Morgan fingerprint density at radius 2 is 2.42 bits per heavy atom. The van der Waals surface area contributed by atoms with Gasteiger partial charge in [-0.3, -0.25) is 4.79 Å². The first-order valence-electron chi connectivity index (χ1n) is 6.46. The fourth-order valence-corrected chi connectivity index (χ4v) is 2.38. The molecular formula is C13H20N4O2. The zero-order chi connectivity index (χ0) is 13.8. The van der Waals surface area contributed by atoms with Crippen LogP contribution in [-0.4, -0.2) is 42.0 Å². The van der Waals surface area contributed by atoms with Gasteiger partial charge in [-0.05, 0) is 32.9 Å². The number of aromatic nitrogens is 1. The van der Waals surface area contributed by atoms with Gasteiger partial charge in [0.1, 0.15) is 0 Å². The van der Waals surface area contributed by atoms with Gasteiger partial charge in [0.05, 0.1) is 24.1 Å². The molecular weight excluding hydrogens is 244 g/mol. The molecule has 1 aliphatic heterocycles. The highest BCUT2D eigenvalue weighted by Gasteiger charge is 2.20. The van der Waals surface area contributed by atoms with Crippen LogP contribution >= 0.6 is 0 Å².